The van der Waals surface area contributed by atoms with Gasteiger partial charge in [0.05, 0.1) is 12.3 Å². The summed E-state index contributed by atoms with van der Waals surface area (Å²) in [6.07, 6.45) is 3.50. The number of carbonyl (C=O) groups is 2. The highest BCUT2D eigenvalue weighted by molar-refractivity contribution is 5.87. The van der Waals surface area contributed by atoms with Crippen LogP contribution in [0.2, 0.25) is 0 Å². The van der Waals surface area contributed by atoms with Crippen LogP contribution in [0.25, 0.3) is 6.08 Å². The first-order valence-corrected chi connectivity index (χ1v) is 5.68. The largest absolute Gasteiger partial charge is 0.461 e. The molecule has 1 aromatic heterocycles. The van der Waals surface area contributed by atoms with E-state index in [-0.39, 0.29) is 11.6 Å². The third kappa shape index (κ3) is 4.78. The number of nitrogens with zero attached hydrogens (tertiary/aromatic N) is 1. The Hall–Kier alpha value is -2.17. The van der Waals surface area contributed by atoms with Crippen molar-refractivity contribution in [2.75, 3.05) is 13.2 Å². The normalized spacial score (nSPS) is 10.3. The van der Waals surface area contributed by atoms with E-state index < -0.39 is 5.97 Å². The molecule has 0 saturated carbocycles. The summed E-state index contributed by atoms with van der Waals surface area (Å²) in [5.74, 6) is -0.525. The van der Waals surface area contributed by atoms with E-state index >= 15 is 0 Å². The van der Waals surface area contributed by atoms with Gasteiger partial charge in [-0.25, -0.2) is 9.78 Å². The number of carbonyl (C=O) groups excluding carboxylic acids is 2. The molecular weight excluding hydrogens is 232 g/mol. The van der Waals surface area contributed by atoms with Crippen LogP contribution in [0.4, 0.5) is 0 Å². The predicted octanol–water partition coefficient (Wildman–Crippen LogP) is 1.41. The van der Waals surface area contributed by atoms with Crippen LogP contribution in [0.1, 0.15) is 30.0 Å². The lowest BCUT2D eigenvalue weighted by Gasteiger charge is -2.01. The van der Waals surface area contributed by atoms with Gasteiger partial charge in [0, 0.05) is 13.5 Å². The van der Waals surface area contributed by atoms with Crippen molar-refractivity contribution in [3.05, 3.63) is 35.7 Å². The lowest BCUT2D eigenvalue weighted by atomic mass is 10.3. The topological polar surface area (TPSA) is 68.3 Å². The molecule has 0 spiro atoms. The Morgan fingerprint density at radius 1 is 1.44 bits per heavy atom. The molecule has 0 aliphatic rings. The predicted molar refractivity (Wildman–Crippen MR) is 67.9 cm³/mol. The zero-order valence-electron chi connectivity index (χ0n) is 10.5. The van der Waals surface area contributed by atoms with Gasteiger partial charge in [-0.1, -0.05) is 12.1 Å². The molecule has 0 aliphatic carbocycles. The first-order chi connectivity index (χ1) is 8.63. The third-order valence-electron chi connectivity index (χ3n) is 2.01. The van der Waals surface area contributed by atoms with Gasteiger partial charge in [0.15, 0.2) is 0 Å². The molecule has 1 amide bonds. The third-order valence-corrected chi connectivity index (χ3v) is 2.01. The second-order valence-corrected chi connectivity index (χ2v) is 3.51. The molecule has 1 N–H and O–H groups in total. The number of hydrogen-bond donors (Lipinski definition) is 1. The van der Waals surface area contributed by atoms with E-state index in [1.54, 1.807) is 37.3 Å². The average molecular weight is 248 g/mol. The molecule has 0 bridgehead atoms. The zero-order chi connectivity index (χ0) is 13.4. The Morgan fingerprint density at radius 2 is 2.22 bits per heavy atom. The van der Waals surface area contributed by atoms with E-state index in [1.165, 1.54) is 6.92 Å². The molecule has 0 aliphatic heterocycles. The van der Waals surface area contributed by atoms with Crippen molar-refractivity contribution in [3.63, 3.8) is 0 Å². The van der Waals surface area contributed by atoms with Gasteiger partial charge in [0.25, 0.3) is 0 Å². The first kappa shape index (κ1) is 13.9. The van der Waals surface area contributed by atoms with Crippen LogP contribution in [-0.4, -0.2) is 30.0 Å². The van der Waals surface area contributed by atoms with Crippen molar-refractivity contribution in [1.82, 2.24) is 10.3 Å². The van der Waals surface area contributed by atoms with Gasteiger partial charge in [-0.2, -0.15) is 0 Å². The molecule has 0 fully saturated rings. The minimum absolute atomic E-state index is 0.0899. The molecule has 1 rings (SSSR count). The molecule has 0 unspecified atom stereocenters. The molecule has 0 atom stereocenters. The Balaban J connectivity index is 2.64. The number of hydrogen-bond acceptors (Lipinski definition) is 4. The second-order valence-electron chi connectivity index (χ2n) is 3.51. The first-order valence-electron chi connectivity index (χ1n) is 5.68. The molecular formula is C13H16N2O3. The van der Waals surface area contributed by atoms with Crippen molar-refractivity contribution >= 4 is 18.0 Å². The molecule has 0 aromatic carbocycles. The Morgan fingerprint density at radius 3 is 2.89 bits per heavy atom. The molecule has 5 nitrogen and oxygen atoms in total. The van der Waals surface area contributed by atoms with Crippen LogP contribution in [0.5, 0.6) is 0 Å². The SMILES string of the molecule is CCOC(=O)c1cccc(C=CCNC(C)=O)n1. The molecule has 1 heterocycles. The van der Waals surface area contributed by atoms with Gasteiger partial charge in [-0.3, -0.25) is 4.79 Å². The Labute approximate surface area is 106 Å². The van der Waals surface area contributed by atoms with Crippen LogP contribution < -0.4 is 5.32 Å². The van der Waals surface area contributed by atoms with Gasteiger partial charge in [0.2, 0.25) is 5.91 Å². The standard InChI is InChI=1S/C13H16N2O3/c1-3-18-13(17)12-8-4-6-11(15-12)7-5-9-14-10(2)16/h4-8H,3,9H2,1-2H3,(H,14,16). The summed E-state index contributed by atoms with van der Waals surface area (Å²) in [4.78, 5) is 26.2. The van der Waals surface area contributed by atoms with Gasteiger partial charge in [-0.15, -0.1) is 0 Å². The minimum Gasteiger partial charge on any atom is -0.461 e. The lowest BCUT2D eigenvalue weighted by molar-refractivity contribution is -0.118. The summed E-state index contributed by atoms with van der Waals surface area (Å²) >= 11 is 0. The summed E-state index contributed by atoms with van der Waals surface area (Å²) in [7, 11) is 0. The monoisotopic (exact) mass is 248 g/mol. The van der Waals surface area contributed by atoms with E-state index in [9.17, 15) is 9.59 Å². The number of rotatable bonds is 5. The molecule has 18 heavy (non-hydrogen) atoms. The number of ether oxygens (including phenoxy) is 1. The fourth-order valence-corrected chi connectivity index (χ4v) is 1.25. The van der Waals surface area contributed by atoms with Crippen molar-refractivity contribution in [2.24, 2.45) is 0 Å². The van der Waals surface area contributed by atoms with Crippen molar-refractivity contribution < 1.29 is 14.3 Å². The summed E-state index contributed by atoms with van der Waals surface area (Å²) in [6, 6.07) is 5.10. The van der Waals surface area contributed by atoms with Crippen LogP contribution in [0, 0.1) is 0 Å². The highest BCUT2D eigenvalue weighted by Gasteiger charge is 2.07. The quantitative estimate of drug-likeness (QED) is 0.800. The van der Waals surface area contributed by atoms with Crippen molar-refractivity contribution in [2.45, 2.75) is 13.8 Å². The van der Waals surface area contributed by atoms with E-state index in [0.29, 0.717) is 18.8 Å². The van der Waals surface area contributed by atoms with Crippen LogP contribution >= 0.6 is 0 Å². The number of pyridine rings is 1. The van der Waals surface area contributed by atoms with E-state index in [0.717, 1.165) is 0 Å². The minimum atomic E-state index is -0.436. The fraction of sp³-hybridized carbons (Fsp3) is 0.308. The molecule has 0 radical (unpaired) electrons. The van der Waals surface area contributed by atoms with E-state index in [1.807, 2.05) is 0 Å². The maximum Gasteiger partial charge on any atom is 0.356 e. The van der Waals surface area contributed by atoms with Crippen LogP contribution in [-0.2, 0) is 9.53 Å². The summed E-state index contributed by atoms with van der Waals surface area (Å²) < 4.78 is 4.86. The number of esters is 1. The summed E-state index contributed by atoms with van der Waals surface area (Å²) in [6.45, 7) is 3.95. The number of nitrogens with one attached hydrogen (secondary N) is 1. The molecule has 0 saturated heterocycles. The van der Waals surface area contributed by atoms with Crippen LogP contribution in [0.15, 0.2) is 24.3 Å². The average Bonchev–Trinajstić information content (AvgIpc) is 2.35. The molecule has 5 heteroatoms. The number of amides is 1. The highest BCUT2D eigenvalue weighted by Crippen LogP contribution is 2.03. The van der Waals surface area contributed by atoms with Gasteiger partial charge >= 0.3 is 5.97 Å². The van der Waals surface area contributed by atoms with E-state index in [4.69, 9.17) is 4.74 Å². The van der Waals surface area contributed by atoms with Gasteiger partial charge in [0.1, 0.15) is 5.69 Å². The van der Waals surface area contributed by atoms with Gasteiger partial charge in [-0.05, 0) is 25.1 Å². The second kappa shape index (κ2) is 7.21. The smallest absolute Gasteiger partial charge is 0.356 e. The number of aromatic nitrogens is 1. The summed E-state index contributed by atoms with van der Waals surface area (Å²) in [5.41, 5.74) is 0.921. The molecule has 1 aromatic rings. The fourth-order valence-electron chi connectivity index (χ4n) is 1.25. The maximum atomic E-state index is 11.5. The van der Waals surface area contributed by atoms with E-state index in [2.05, 4.69) is 10.3 Å². The molecule has 96 valence electrons. The summed E-state index contributed by atoms with van der Waals surface area (Å²) in [5, 5.41) is 2.63. The Bertz CT molecular complexity index is 455. The van der Waals surface area contributed by atoms with Crippen molar-refractivity contribution in [1.29, 1.82) is 0 Å². The Kier molecular flexibility index (Phi) is 5.57. The van der Waals surface area contributed by atoms with Crippen LogP contribution in [0.3, 0.4) is 0 Å². The lowest BCUT2D eigenvalue weighted by Crippen LogP contribution is -2.19. The van der Waals surface area contributed by atoms with Gasteiger partial charge < -0.3 is 10.1 Å². The zero-order valence-corrected chi connectivity index (χ0v) is 10.5. The van der Waals surface area contributed by atoms with Crippen molar-refractivity contribution in [3.8, 4) is 0 Å². The maximum absolute atomic E-state index is 11.5. The highest BCUT2D eigenvalue weighted by atomic mass is 16.5.